The second kappa shape index (κ2) is 8.86. The quantitative estimate of drug-likeness (QED) is 0.643. The summed E-state index contributed by atoms with van der Waals surface area (Å²) in [5.41, 5.74) is 3.91. The minimum absolute atomic E-state index is 0.0127. The van der Waals surface area contributed by atoms with Crippen LogP contribution < -0.4 is 10.6 Å². The lowest BCUT2D eigenvalue weighted by molar-refractivity contribution is -0.120. The van der Waals surface area contributed by atoms with E-state index in [-0.39, 0.29) is 23.8 Å². The Morgan fingerprint density at radius 2 is 1.66 bits per heavy atom. The van der Waals surface area contributed by atoms with E-state index in [1.54, 1.807) is 0 Å². The number of nitrogens with zero attached hydrogens (tertiary/aromatic N) is 1. The fourth-order valence-corrected chi connectivity index (χ4v) is 3.14. The Morgan fingerprint density at radius 1 is 0.966 bits per heavy atom. The Balaban J connectivity index is 1.79. The van der Waals surface area contributed by atoms with Gasteiger partial charge in [-0.15, -0.1) is 0 Å². The molecule has 0 aliphatic heterocycles. The lowest BCUT2D eigenvalue weighted by Gasteiger charge is -2.12. The van der Waals surface area contributed by atoms with E-state index in [1.807, 2.05) is 68.4 Å². The van der Waals surface area contributed by atoms with Crippen molar-refractivity contribution in [3.8, 4) is 0 Å². The molecule has 0 saturated heterocycles. The minimum Gasteiger partial charge on any atom is -0.354 e. The first-order valence-corrected chi connectivity index (χ1v) is 9.93. The van der Waals surface area contributed by atoms with Crippen molar-refractivity contribution in [1.82, 2.24) is 10.3 Å². The van der Waals surface area contributed by atoms with Crippen molar-refractivity contribution in [1.29, 1.82) is 0 Å². The third-order valence-electron chi connectivity index (χ3n) is 4.60. The molecule has 5 nitrogen and oxygen atoms in total. The first-order valence-electron chi connectivity index (χ1n) is 9.93. The van der Waals surface area contributed by atoms with Gasteiger partial charge in [0.1, 0.15) is 0 Å². The van der Waals surface area contributed by atoms with E-state index in [9.17, 15) is 9.59 Å². The van der Waals surface area contributed by atoms with E-state index in [0.717, 1.165) is 22.2 Å². The van der Waals surface area contributed by atoms with Crippen molar-refractivity contribution in [2.45, 2.75) is 46.1 Å². The van der Waals surface area contributed by atoms with Crippen LogP contribution in [0.3, 0.4) is 0 Å². The molecule has 29 heavy (non-hydrogen) atoms. The zero-order valence-electron chi connectivity index (χ0n) is 17.3. The maximum atomic E-state index is 13.0. The monoisotopic (exact) mass is 389 g/mol. The fourth-order valence-electron chi connectivity index (χ4n) is 3.14. The van der Waals surface area contributed by atoms with Crippen molar-refractivity contribution < 1.29 is 9.59 Å². The highest BCUT2D eigenvalue weighted by molar-refractivity contribution is 6.12. The first kappa shape index (κ1) is 20.5. The van der Waals surface area contributed by atoms with Gasteiger partial charge in [0.05, 0.1) is 17.5 Å². The standard InChI is InChI=1S/C24H27N3O2/c1-15(2)22-14-20(19-7-5-6-8-21(19)27-22)24(29)26-18-11-9-17(10-12-18)13-23(28)25-16(3)4/h5-12,14-16H,13H2,1-4H3,(H,25,28)(H,26,29). The van der Waals surface area contributed by atoms with Crippen LogP contribution in [-0.2, 0) is 11.2 Å². The van der Waals surface area contributed by atoms with Crippen molar-refractivity contribution in [3.05, 3.63) is 71.4 Å². The summed E-state index contributed by atoms with van der Waals surface area (Å²) in [6.07, 6.45) is 0.319. The van der Waals surface area contributed by atoms with Gasteiger partial charge in [-0.3, -0.25) is 14.6 Å². The SMILES string of the molecule is CC(C)NC(=O)Cc1ccc(NC(=O)c2cc(C(C)C)nc3ccccc23)cc1. The van der Waals surface area contributed by atoms with Gasteiger partial charge in [0.25, 0.3) is 5.91 Å². The Bertz CT molecular complexity index is 1020. The predicted molar refractivity (Wildman–Crippen MR) is 117 cm³/mol. The molecule has 0 fully saturated rings. The van der Waals surface area contributed by atoms with Crippen LogP contribution in [0.5, 0.6) is 0 Å². The van der Waals surface area contributed by atoms with E-state index in [0.29, 0.717) is 17.7 Å². The lowest BCUT2D eigenvalue weighted by atomic mass is 10.0. The molecule has 3 aromatic rings. The molecule has 1 heterocycles. The highest BCUT2D eigenvalue weighted by atomic mass is 16.2. The average Bonchev–Trinajstić information content (AvgIpc) is 2.67. The molecule has 2 aromatic carbocycles. The second-order valence-corrected chi connectivity index (χ2v) is 7.82. The molecule has 150 valence electrons. The summed E-state index contributed by atoms with van der Waals surface area (Å²) in [6.45, 7) is 7.99. The average molecular weight is 389 g/mol. The Kier molecular flexibility index (Phi) is 6.27. The van der Waals surface area contributed by atoms with Crippen molar-refractivity contribution >= 4 is 28.4 Å². The zero-order valence-corrected chi connectivity index (χ0v) is 17.3. The number of pyridine rings is 1. The zero-order chi connectivity index (χ0) is 21.0. The molecular formula is C24H27N3O2. The number of carbonyl (C=O) groups excluding carboxylic acids is 2. The molecule has 0 aliphatic rings. The second-order valence-electron chi connectivity index (χ2n) is 7.82. The van der Waals surface area contributed by atoms with Crippen LogP contribution >= 0.6 is 0 Å². The normalized spacial score (nSPS) is 11.1. The van der Waals surface area contributed by atoms with E-state index >= 15 is 0 Å². The van der Waals surface area contributed by atoms with Gasteiger partial charge in [-0.05, 0) is 49.6 Å². The molecular weight excluding hydrogens is 362 g/mol. The number of hydrogen-bond acceptors (Lipinski definition) is 3. The van der Waals surface area contributed by atoms with Crippen molar-refractivity contribution in [2.24, 2.45) is 0 Å². The molecule has 0 saturated carbocycles. The molecule has 0 aliphatic carbocycles. The number of nitrogens with one attached hydrogen (secondary N) is 2. The van der Waals surface area contributed by atoms with Crippen LogP contribution in [0, 0.1) is 0 Å². The van der Waals surface area contributed by atoms with Crippen molar-refractivity contribution in [2.75, 3.05) is 5.32 Å². The molecule has 5 heteroatoms. The molecule has 1 aromatic heterocycles. The summed E-state index contributed by atoms with van der Waals surface area (Å²) >= 11 is 0. The third kappa shape index (κ3) is 5.19. The summed E-state index contributed by atoms with van der Waals surface area (Å²) in [7, 11) is 0. The number of fused-ring (bicyclic) bond motifs is 1. The predicted octanol–water partition coefficient (Wildman–Crippen LogP) is 4.68. The van der Waals surface area contributed by atoms with Gasteiger partial charge in [-0.1, -0.05) is 44.2 Å². The number of rotatable bonds is 6. The van der Waals surface area contributed by atoms with Crippen LogP contribution in [0.4, 0.5) is 5.69 Å². The smallest absolute Gasteiger partial charge is 0.256 e. The Morgan fingerprint density at radius 3 is 2.31 bits per heavy atom. The lowest BCUT2D eigenvalue weighted by Crippen LogP contribution is -2.31. The Labute approximate surface area is 171 Å². The molecule has 3 rings (SSSR count). The van der Waals surface area contributed by atoms with E-state index < -0.39 is 0 Å². The summed E-state index contributed by atoms with van der Waals surface area (Å²) in [5, 5.41) is 6.67. The van der Waals surface area contributed by atoms with Gasteiger partial charge in [0, 0.05) is 22.8 Å². The maximum Gasteiger partial charge on any atom is 0.256 e. The molecule has 2 amide bonds. The largest absolute Gasteiger partial charge is 0.354 e. The van der Waals surface area contributed by atoms with Crippen LogP contribution in [-0.4, -0.2) is 22.8 Å². The van der Waals surface area contributed by atoms with Gasteiger partial charge in [-0.2, -0.15) is 0 Å². The fraction of sp³-hybridized carbons (Fsp3) is 0.292. The van der Waals surface area contributed by atoms with Crippen LogP contribution in [0.25, 0.3) is 10.9 Å². The summed E-state index contributed by atoms with van der Waals surface area (Å²) < 4.78 is 0. The van der Waals surface area contributed by atoms with E-state index in [2.05, 4.69) is 29.5 Å². The summed E-state index contributed by atoms with van der Waals surface area (Å²) in [5.74, 6) is 0.0412. The summed E-state index contributed by atoms with van der Waals surface area (Å²) in [4.78, 5) is 29.5. The summed E-state index contributed by atoms with van der Waals surface area (Å²) in [6, 6.07) is 17.0. The van der Waals surface area contributed by atoms with Gasteiger partial charge in [0.2, 0.25) is 5.91 Å². The van der Waals surface area contributed by atoms with Gasteiger partial charge in [0.15, 0.2) is 0 Å². The number of benzene rings is 2. The number of hydrogen-bond donors (Lipinski definition) is 2. The van der Waals surface area contributed by atoms with E-state index in [1.165, 1.54) is 0 Å². The van der Waals surface area contributed by atoms with Crippen LogP contribution in [0.2, 0.25) is 0 Å². The topological polar surface area (TPSA) is 71.1 Å². The number of para-hydroxylation sites is 1. The maximum absolute atomic E-state index is 13.0. The molecule has 0 spiro atoms. The number of amides is 2. The van der Waals surface area contributed by atoms with Crippen LogP contribution in [0.15, 0.2) is 54.6 Å². The molecule has 2 N–H and O–H groups in total. The van der Waals surface area contributed by atoms with Gasteiger partial charge >= 0.3 is 0 Å². The first-order chi connectivity index (χ1) is 13.8. The highest BCUT2D eigenvalue weighted by Crippen LogP contribution is 2.23. The van der Waals surface area contributed by atoms with E-state index in [4.69, 9.17) is 0 Å². The molecule has 0 unspecified atom stereocenters. The molecule has 0 bridgehead atoms. The Hall–Kier alpha value is -3.21. The third-order valence-corrected chi connectivity index (χ3v) is 4.60. The van der Waals surface area contributed by atoms with Gasteiger partial charge in [-0.25, -0.2) is 0 Å². The molecule has 0 radical (unpaired) electrons. The highest BCUT2D eigenvalue weighted by Gasteiger charge is 2.15. The number of aromatic nitrogens is 1. The van der Waals surface area contributed by atoms with Gasteiger partial charge < -0.3 is 10.6 Å². The number of carbonyl (C=O) groups is 2. The van der Waals surface area contributed by atoms with Crippen molar-refractivity contribution in [3.63, 3.8) is 0 Å². The van der Waals surface area contributed by atoms with Crippen LogP contribution in [0.1, 0.15) is 55.2 Å². The number of anilines is 1. The minimum atomic E-state index is -0.171. The molecule has 0 atom stereocenters.